The number of hydrogen-bond donors (Lipinski definition) is 0. The van der Waals surface area contributed by atoms with E-state index in [9.17, 15) is 9.18 Å². The fourth-order valence-corrected chi connectivity index (χ4v) is 1.71. The lowest BCUT2D eigenvalue weighted by Gasteiger charge is -2.25. The summed E-state index contributed by atoms with van der Waals surface area (Å²) in [4.78, 5) is 13.3. The molecule has 0 aliphatic rings. The third-order valence-corrected chi connectivity index (χ3v) is 2.97. The lowest BCUT2D eigenvalue weighted by Crippen LogP contribution is -2.35. The van der Waals surface area contributed by atoms with E-state index in [0.717, 1.165) is 11.1 Å². The zero-order chi connectivity index (χ0) is 13.7. The molecule has 0 unspecified atom stereocenters. The number of aryl methyl sites for hydroxylation is 1. The van der Waals surface area contributed by atoms with E-state index in [1.807, 2.05) is 25.7 Å². The van der Waals surface area contributed by atoms with Crippen LogP contribution in [0, 0.1) is 12.7 Å². The minimum atomic E-state index is -0.261. The Bertz CT molecular complexity index is 418. The molecule has 0 saturated carbocycles. The predicted molar refractivity (Wildman–Crippen MR) is 68.7 cm³/mol. The molecule has 4 heteroatoms. The van der Waals surface area contributed by atoms with Crippen LogP contribution in [-0.2, 0) is 16.1 Å². The van der Waals surface area contributed by atoms with Gasteiger partial charge in [-0.2, -0.15) is 0 Å². The van der Waals surface area contributed by atoms with Crippen LogP contribution in [0.15, 0.2) is 18.2 Å². The second-order valence-corrected chi connectivity index (χ2v) is 4.65. The van der Waals surface area contributed by atoms with E-state index in [1.54, 1.807) is 6.07 Å². The third-order valence-electron chi connectivity index (χ3n) is 2.97. The van der Waals surface area contributed by atoms with Crippen LogP contribution < -0.4 is 0 Å². The highest BCUT2D eigenvalue weighted by atomic mass is 19.1. The summed E-state index contributed by atoms with van der Waals surface area (Å²) in [7, 11) is 1.38. The van der Waals surface area contributed by atoms with Crippen LogP contribution in [0.25, 0.3) is 0 Å². The number of hydrogen-bond acceptors (Lipinski definition) is 3. The first-order valence-electron chi connectivity index (χ1n) is 6.00. The SMILES string of the molecule is COC(=O)CN(Cc1ccc(F)cc1C)C(C)C. The molecule has 3 nitrogen and oxygen atoms in total. The second kappa shape index (κ2) is 6.50. The largest absolute Gasteiger partial charge is 0.468 e. The van der Waals surface area contributed by atoms with Gasteiger partial charge in [-0.15, -0.1) is 0 Å². The highest BCUT2D eigenvalue weighted by Crippen LogP contribution is 2.14. The monoisotopic (exact) mass is 253 g/mol. The molecule has 100 valence electrons. The number of methoxy groups -OCH3 is 1. The van der Waals surface area contributed by atoms with Gasteiger partial charge >= 0.3 is 5.97 Å². The van der Waals surface area contributed by atoms with Crippen molar-refractivity contribution in [3.05, 3.63) is 35.1 Å². The summed E-state index contributed by atoms with van der Waals surface area (Å²) in [6, 6.07) is 4.93. The van der Waals surface area contributed by atoms with Crippen molar-refractivity contribution in [3.63, 3.8) is 0 Å². The fraction of sp³-hybridized carbons (Fsp3) is 0.500. The van der Waals surface area contributed by atoms with Gasteiger partial charge in [-0.3, -0.25) is 9.69 Å². The molecule has 0 spiro atoms. The molecule has 1 rings (SSSR count). The van der Waals surface area contributed by atoms with Gasteiger partial charge in [-0.1, -0.05) is 6.07 Å². The molecule has 0 aliphatic carbocycles. The van der Waals surface area contributed by atoms with Crippen molar-refractivity contribution in [1.82, 2.24) is 4.90 Å². The highest BCUT2D eigenvalue weighted by molar-refractivity contribution is 5.71. The molecule has 0 amide bonds. The maximum Gasteiger partial charge on any atom is 0.319 e. The van der Waals surface area contributed by atoms with Crippen LogP contribution in [0.3, 0.4) is 0 Å². The smallest absolute Gasteiger partial charge is 0.319 e. The molecule has 0 atom stereocenters. The van der Waals surface area contributed by atoms with Gasteiger partial charge in [0.25, 0.3) is 0 Å². The molecule has 0 aromatic heterocycles. The van der Waals surface area contributed by atoms with E-state index in [4.69, 9.17) is 0 Å². The first-order chi connectivity index (χ1) is 8.43. The van der Waals surface area contributed by atoms with Crippen molar-refractivity contribution in [1.29, 1.82) is 0 Å². The highest BCUT2D eigenvalue weighted by Gasteiger charge is 2.15. The normalized spacial score (nSPS) is 11.1. The summed E-state index contributed by atoms with van der Waals surface area (Å²) < 4.78 is 17.7. The Morgan fingerprint density at radius 1 is 1.44 bits per heavy atom. The van der Waals surface area contributed by atoms with Gasteiger partial charge in [0, 0.05) is 12.6 Å². The molecule has 1 aromatic rings. The van der Waals surface area contributed by atoms with Crippen LogP contribution in [0.5, 0.6) is 0 Å². The molecule has 0 heterocycles. The number of ether oxygens (including phenoxy) is 1. The average Bonchev–Trinajstić information content (AvgIpc) is 2.30. The Morgan fingerprint density at radius 3 is 2.61 bits per heavy atom. The van der Waals surface area contributed by atoms with E-state index >= 15 is 0 Å². The van der Waals surface area contributed by atoms with E-state index in [2.05, 4.69) is 4.74 Å². The minimum absolute atomic E-state index is 0.216. The maximum absolute atomic E-state index is 13.0. The Morgan fingerprint density at radius 2 is 2.11 bits per heavy atom. The summed E-state index contributed by atoms with van der Waals surface area (Å²) in [6.45, 7) is 6.75. The number of nitrogens with zero attached hydrogens (tertiary/aromatic N) is 1. The van der Waals surface area contributed by atoms with Gasteiger partial charge in [0.2, 0.25) is 0 Å². The Kier molecular flexibility index (Phi) is 5.28. The van der Waals surface area contributed by atoms with Crippen molar-refractivity contribution in [2.75, 3.05) is 13.7 Å². The van der Waals surface area contributed by atoms with Crippen LogP contribution in [0.1, 0.15) is 25.0 Å². The van der Waals surface area contributed by atoms with Crippen molar-refractivity contribution >= 4 is 5.97 Å². The lowest BCUT2D eigenvalue weighted by atomic mass is 10.1. The van der Waals surface area contributed by atoms with Gasteiger partial charge in [0.15, 0.2) is 0 Å². The summed E-state index contributed by atoms with van der Waals surface area (Å²) >= 11 is 0. The Hall–Kier alpha value is -1.42. The zero-order valence-electron chi connectivity index (χ0n) is 11.4. The molecule has 18 heavy (non-hydrogen) atoms. The Balaban J connectivity index is 2.80. The van der Waals surface area contributed by atoms with Gasteiger partial charge in [0.05, 0.1) is 13.7 Å². The van der Waals surface area contributed by atoms with E-state index < -0.39 is 0 Å². The van der Waals surface area contributed by atoms with E-state index in [1.165, 1.54) is 19.2 Å². The van der Waals surface area contributed by atoms with Crippen molar-refractivity contribution < 1.29 is 13.9 Å². The molecular weight excluding hydrogens is 233 g/mol. The average molecular weight is 253 g/mol. The Labute approximate surface area is 108 Å². The number of esters is 1. The molecule has 1 aromatic carbocycles. The number of halogens is 1. The zero-order valence-corrected chi connectivity index (χ0v) is 11.4. The molecule has 0 N–H and O–H groups in total. The molecule has 0 bridgehead atoms. The van der Waals surface area contributed by atoms with Crippen molar-refractivity contribution in [2.45, 2.75) is 33.4 Å². The van der Waals surface area contributed by atoms with Crippen LogP contribution in [-0.4, -0.2) is 30.6 Å². The van der Waals surface area contributed by atoms with Crippen LogP contribution >= 0.6 is 0 Å². The lowest BCUT2D eigenvalue weighted by molar-refractivity contribution is -0.142. The maximum atomic E-state index is 13.0. The standard InChI is InChI=1S/C14H20FNO2/c1-10(2)16(9-14(17)18-4)8-12-5-6-13(15)7-11(12)3/h5-7,10H,8-9H2,1-4H3. The third kappa shape index (κ3) is 4.11. The number of carbonyl (C=O) groups is 1. The number of benzene rings is 1. The second-order valence-electron chi connectivity index (χ2n) is 4.65. The van der Waals surface area contributed by atoms with Gasteiger partial charge in [-0.05, 0) is 44.0 Å². The quantitative estimate of drug-likeness (QED) is 0.755. The molecule has 0 radical (unpaired) electrons. The first kappa shape index (κ1) is 14.6. The molecule has 0 fully saturated rings. The summed E-state index contributed by atoms with van der Waals surface area (Å²) in [5.74, 6) is -0.497. The first-order valence-corrected chi connectivity index (χ1v) is 6.00. The number of rotatable bonds is 5. The molecule has 0 saturated heterocycles. The predicted octanol–water partition coefficient (Wildman–Crippen LogP) is 2.52. The van der Waals surface area contributed by atoms with E-state index in [-0.39, 0.29) is 24.4 Å². The summed E-state index contributed by atoms with van der Waals surface area (Å²) in [5, 5.41) is 0. The van der Waals surface area contributed by atoms with Crippen molar-refractivity contribution in [2.24, 2.45) is 0 Å². The summed E-state index contributed by atoms with van der Waals surface area (Å²) in [5.41, 5.74) is 1.92. The van der Waals surface area contributed by atoms with Crippen molar-refractivity contribution in [3.8, 4) is 0 Å². The molecule has 0 aliphatic heterocycles. The van der Waals surface area contributed by atoms with Crippen LogP contribution in [0.4, 0.5) is 4.39 Å². The minimum Gasteiger partial charge on any atom is -0.468 e. The topological polar surface area (TPSA) is 29.5 Å². The van der Waals surface area contributed by atoms with E-state index in [0.29, 0.717) is 6.54 Å². The van der Waals surface area contributed by atoms with Crippen LogP contribution in [0.2, 0.25) is 0 Å². The number of carbonyl (C=O) groups excluding carboxylic acids is 1. The molecular formula is C14H20FNO2. The van der Waals surface area contributed by atoms with Gasteiger partial charge in [0.1, 0.15) is 5.82 Å². The fourth-order valence-electron chi connectivity index (χ4n) is 1.71. The van der Waals surface area contributed by atoms with Gasteiger partial charge < -0.3 is 4.74 Å². The summed E-state index contributed by atoms with van der Waals surface area (Å²) in [6.07, 6.45) is 0. The van der Waals surface area contributed by atoms with Gasteiger partial charge in [-0.25, -0.2) is 4.39 Å².